The zero-order valence-corrected chi connectivity index (χ0v) is 12.8. The van der Waals surface area contributed by atoms with Crippen LogP contribution in [0.15, 0.2) is 53.6 Å². The van der Waals surface area contributed by atoms with E-state index in [1.807, 2.05) is 55.5 Å². The molecule has 1 heterocycles. The van der Waals surface area contributed by atoms with Gasteiger partial charge in [0.05, 0.1) is 11.7 Å². The van der Waals surface area contributed by atoms with Crippen LogP contribution in [0.5, 0.6) is 0 Å². The van der Waals surface area contributed by atoms with Crippen LogP contribution in [0.1, 0.15) is 23.6 Å². The second-order valence-electron chi connectivity index (χ2n) is 5.26. The summed E-state index contributed by atoms with van der Waals surface area (Å²) in [6.07, 6.45) is 0.366. The van der Waals surface area contributed by atoms with Crippen molar-refractivity contribution in [2.24, 2.45) is 5.10 Å². The largest absolute Gasteiger partial charge is 0.477 e. The fraction of sp³-hybridized carbons (Fsp3) is 0.176. The first-order valence-electron chi connectivity index (χ1n) is 6.97. The zero-order chi connectivity index (χ0) is 15.7. The Hall–Kier alpha value is -2.33. The van der Waals surface area contributed by atoms with E-state index in [0.29, 0.717) is 11.4 Å². The minimum absolute atomic E-state index is 0.133. The van der Waals surface area contributed by atoms with Crippen molar-refractivity contribution in [3.8, 4) is 0 Å². The second-order valence-corrected chi connectivity index (χ2v) is 5.67. The number of benzene rings is 2. The molecule has 3 rings (SSSR count). The monoisotopic (exact) mass is 314 g/mol. The van der Waals surface area contributed by atoms with Crippen molar-refractivity contribution < 1.29 is 9.90 Å². The number of halogens is 1. The van der Waals surface area contributed by atoms with E-state index in [2.05, 4.69) is 5.10 Å². The van der Waals surface area contributed by atoms with Gasteiger partial charge in [-0.2, -0.15) is 5.10 Å². The first kappa shape index (κ1) is 14.6. The fourth-order valence-corrected chi connectivity index (χ4v) is 2.71. The lowest BCUT2D eigenvalue weighted by Gasteiger charge is -2.24. The lowest BCUT2D eigenvalue weighted by atomic mass is 10.0. The van der Waals surface area contributed by atoms with Crippen LogP contribution < -0.4 is 5.01 Å². The summed E-state index contributed by atoms with van der Waals surface area (Å²) in [5.41, 5.74) is 2.95. The molecule has 4 nitrogen and oxygen atoms in total. The SMILES string of the molecule is Cc1ccc(N2N=C(C(=O)O)CC2c2ccccc2)cc1Cl. The van der Waals surface area contributed by atoms with Crippen LogP contribution >= 0.6 is 11.6 Å². The van der Waals surface area contributed by atoms with Crippen LogP contribution in [0.4, 0.5) is 5.69 Å². The summed E-state index contributed by atoms with van der Waals surface area (Å²) in [7, 11) is 0. The maximum atomic E-state index is 11.3. The summed E-state index contributed by atoms with van der Waals surface area (Å²) in [4.78, 5) is 11.3. The Kier molecular flexibility index (Phi) is 3.86. The molecule has 1 aliphatic rings. The van der Waals surface area contributed by atoms with Gasteiger partial charge in [-0.25, -0.2) is 4.79 Å². The number of hydrogen-bond acceptors (Lipinski definition) is 3. The van der Waals surface area contributed by atoms with Crippen molar-refractivity contribution in [3.63, 3.8) is 0 Å². The van der Waals surface area contributed by atoms with E-state index < -0.39 is 5.97 Å². The van der Waals surface area contributed by atoms with Crippen LogP contribution in [0.2, 0.25) is 5.02 Å². The molecule has 2 aromatic carbocycles. The van der Waals surface area contributed by atoms with Gasteiger partial charge in [0.1, 0.15) is 5.71 Å². The quantitative estimate of drug-likeness (QED) is 0.930. The van der Waals surface area contributed by atoms with Crippen molar-refractivity contribution >= 4 is 29.0 Å². The molecule has 112 valence electrons. The lowest BCUT2D eigenvalue weighted by molar-refractivity contribution is -0.129. The first-order chi connectivity index (χ1) is 10.6. The highest BCUT2D eigenvalue weighted by molar-refractivity contribution is 6.36. The van der Waals surface area contributed by atoms with Gasteiger partial charge in [0.2, 0.25) is 0 Å². The highest BCUT2D eigenvalue weighted by Gasteiger charge is 2.32. The predicted molar refractivity (Wildman–Crippen MR) is 87.5 cm³/mol. The number of rotatable bonds is 3. The molecule has 22 heavy (non-hydrogen) atoms. The van der Waals surface area contributed by atoms with Crippen LogP contribution in [-0.2, 0) is 4.79 Å². The number of anilines is 1. The van der Waals surface area contributed by atoms with Gasteiger partial charge in [-0.3, -0.25) is 5.01 Å². The molecule has 1 atom stereocenters. The van der Waals surface area contributed by atoms with Gasteiger partial charge in [-0.05, 0) is 30.2 Å². The van der Waals surface area contributed by atoms with Crippen molar-refractivity contribution in [1.29, 1.82) is 0 Å². The molecule has 0 bridgehead atoms. The Morgan fingerprint density at radius 1 is 1.27 bits per heavy atom. The molecule has 2 aromatic rings. The summed E-state index contributed by atoms with van der Waals surface area (Å²) >= 11 is 6.19. The Balaban J connectivity index is 2.03. The van der Waals surface area contributed by atoms with Gasteiger partial charge in [0.15, 0.2) is 0 Å². The van der Waals surface area contributed by atoms with Crippen LogP contribution in [0, 0.1) is 6.92 Å². The normalized spacial score (nSPS) is 17.5. The maximum absolute atomic E-state index is 11.3. The molecule has 1 aliphatic heterocycles. The average molecular weight is 315 g/mol. The molecule has 0 fully saturated rings. The van der Waals surface area contributed by atoms with Gasteiger partial charge in [0, 0.05) is 11.4 Å². The molecule has 1 unspecified atom stereocenters. The maximum Gasteiger partial charge on any atom is 0.352 e. The van der Waals surface area contributed by atoms with E-state index in [9.17, 15) is 9.90 Å². The fourth-order valence-electron chi connectivity index (χ4n) is 2.54. The van der Waals surface area contributed by atoms with Crippen LogP contribution in [-0.4, -0.2) is 16.8 Å². The molecule has 0 aliphatic carbocycles. The van der Waals surface area contributed by atoms with E-state index >= 15 is 0 Å². The average Bonchev–Trinajstić information content (AvgIpc) is 2.96. The lowest BCUT2D eigenvalue weighted by Crippen LogP contribution is -2.18. The third-order valence-corrected chi connectivity index (χ3v) is 4.17. The van der Waals surface area contributed by atoms with E-state index in [-0.39, 0.29) is 11.8 Å². The molecule has 0 saturated carbocycles. The number of aryl methyl sites for hydroxylation is 1. The van der Waals surface area contributed by atoms with Crippen LogP contribution in [0.3, 0.4) is 0 Å². The molecular weight excluding hydrogens is 300 g/mol. The standard InChI is InChI=1S/C17H15ClN2O2/c1-11-7-8-13(9-14(11)18)20-16(10-15(19-20)17(21)22)12-5-3-2-4-6-12/h2-9,16H,10H2,1H3,(H,21,22). The van der Waals surface area contributed by atoms with Crippen molar-refractivity contribution in [2.75, 3.05) is 5.01 Å². The Labute approximate surface area is 133 Å². The summed E-state index contributed by atoms with van der Waals surface area (Å²) in [5.74, 6) is -0.985. The van der Waals surface area contributed by atoms with E-state index in [4.69, 9.17) is 11.6 Å². The van der Waals surface area contributed by atoms with Gasteiger partial charge in [-0.1, -0.05) is 48.0 Å². The molecule has 0 amide bonds. The number of carbonyl (C=O) groups is 1. The summed E-state index contributed by atoms with van der Waals surface area (Å²) in [6, 6.07) is 15.3. The molecule has 5 heteroatoms. The molecule has 1 N–H and O–H groups in total. The van der Waals surface area contributed by atoms with Crippen molar-refractivity contribution in [1.82, 2.24) is 0 Å². The molecule has 0 radical (unpaired) electrons. The summed E-state index contributed by atoms with van der Waals surface area (Å²) in [5, 5.41) is 15.9. The third kappa shape index (κ3) is 2.70. The Morgan fingerprint density at radius 3 is 2.64 bits per heavy atom. The highest BCUT2D eigenvalue weighted by Crippen LogP contribution is 2.36. The highest BCUT2D eigenvalue weighted by atomic mass is 35.5. The minimum atomic E-state index is -0.985. The molecular formula is C17H15ClN2O2. The number of carboxylic acid groups (broad SMARTS) is 1. The predicted octanol–water partition coefficient (Wildman–Crippen LogP) is 4.04. The van der Waals surface area contributed by atoms with Crippen LogP contribution in [0.25, 0.3) is 0 Å². The van der Waals surface area contributed by atoms with E-state index in [1.165, 1.54) is 0 Å². The zero-order valence-electron chi connectivity index (χ0n) is 12.0. The topological polar surface area (TPSA) is 52.9 Å². The summed E-state index contributed by atoms with van der Waals surface area (Å²) < 4.78 is 0. The van der Waals surface area contributed by atoms with E-state index in [1.54, 1.807) is 5.01 Å². The second kappa shape index (κ2) is 5.81. The molecule has 0 aromatic heterocycles. The third-order valence-electron chi connectivity index (χ3n) is 3.76. The van der Waals surface area contributed by atoms with Crippen molar-refractivity contribution in [2.45, 2.75) is 19.4 Å². The van der Waals surface area contributed by atoms with Gasteiger partial charge < -0.3 is 5.11 Å². The number of nitrogens with zero attached hydrogens (tertiary/aromatic N) is 2. The number of carboxylic acids is 1. The molecule has 0 saturated heterocycles. The van der Waals surface area contributed by atoms with Crippen molar-refractivity contribution in [3.05, 3.63) is 64.7 Å². The molecule has 0 spiro atoms. The number of hydrazone groups is 1. The first-order valence-corrected chi connectivity index (χ1v) is 7.35. The Bertz CT molecular complexity index is 744. The summed E-state index contributed by atoms with van der Waals surface area (Å²) in [6.45, 7) is 1.93. The van der Waals surface area contributed by atoms with Gasteiger partial charge in [-0.15, -0.1) is 0 Å². The van der Waals surface area contributed by atoms with E-state index in [0.717, 1.165) is 16.8 Å². The number of aliphatic carboxylic acids is 1. The number of hydrogen-bond donors (Lipinski definition) is 1. The van der Waals surface area contributed by atoms with Gasteiger partial charge >= 0.3 is 5.97 Å². The van der Waals surface area contributed by atoms with Gasteiger partial charge in [0.25, 0.3) is 0 Å². The Morgan fingerprint density at radius 2 is 2.00 bits per heavy atom. The minimum Gasteiger partial charge on any atom is -0.477 e. The smallest absolute Gasteiger partial charge is 0.352 e.